The Kier molecular flexibility index (Phi) is 6.08. The Morgan fingerprint density at radius 3 is 2.46 bits per heavy atom. The van der Waals surface area contributed by atoms with Crippen LogP contribution in [0.5, 0.6) is 0 Å². The van der Waals surface area contributed by atoms with Crippen molar-refractivity contribution in [3.8, 4) is 0 Å². The molecule has 1 N–H and O–H groups in total. The molecule has 0 aliphatic rings. The van der Waals surface area contributed by atoms with E-state index in [4.69, 9.17) is 11.6 Å². The molecule has 0 saturated heterocycles. The highest BCUT2D eigenvalue weighted by molar-refractivity contribution is 7.89. The number of likely N-dealkylation sites (N-methyl/N-ethyl adjacent to an activating group) is 1. The van der Waals surface area contributed by atoms with Crippen LogP contribution in [-0.2, 0) is 14.8 Å². The number of carbonyl (C=O) groups is 1. The van der Waals surface area contributed by atoms with Crippen LogP contribution in [0.3, 0.4) is 0 Å². The van der Waals surface area contributed by atoms with Crippen LogP contribution in [0.25, 0.3) is 10.8 Å². The maximum Gasteiger partial charge on any atom is 0.255 e. The van der Waals surface area contributed by atoms with Crippen molar-refractivity contribution in [1.29, 1.82) is 0 Å². The lowest BCUT2D eigenvalue weighted by Crippen LogP contribution is -2.36. The first-order chi connectivity index (χ1) is 13.4. The first kappa shape index (κ1) is 20.0. The molecule has 0 aromatic heterocycles. The number of rotatable bonds is 6. The van der Waals surface area contributed by atoms with Gasteiger partial charge in [-0.15, -0.1) is 0 Å². The zero-order chi connectivity index (χ0) is 20.1. The van der Waals surface area contributed by atoms with Gasteiger partial charge in [0.25, 0.3) is 5.91 Å². The summed E-state index contributed by atoms with van der Waals surface area (Å²) in [6, 6.07) is 19.2. The number of hydrogen-bond donors (Lipinski definition) is 1. The molecule has 3 aromatic rings. The van der Waals surface area contributed by atoms with E-state index in [1.807, 2.05) is 24.3 Å². The van der Waals surface area contributed by atoms with Crippen LogP contribution in [-0.4, -0.2) is 38.4 Å². The van der Waals surface area contributed by atoms with Gasteiger partial charge in [-0.1, -0.05) is 54.1 Å². The van der Waals surface area contributed by atoms with Crippen LogP contribution in [0.15, 0.2) is 76.7 Å². The second kappa shape index (κ2) is 8.52. The standard InChI is InChI=1S/C20H18ClN3O3S/c1-24(14-20(25)23-22-13-15-6-9-18(21)10-7-15)28(26,27)19-11-8-16-4-2-3-5-17(16)12-19/h2-13H,14H2,1H3,(H,23,25)/b22-13+. The molecule has 6 nitrogen and oxygen atoms in total. The van der Waals surface area contributed by atoms with Gasteiger partial charge in [-0.05, 0) is 40.6 Å². The molecule has 0 aliphatic carbocycles. The Labute approximate surface area is 168 Å². The molecule has 0 spiro atoms. The molecule has 28 heavy (non-hydrogen) atoms. The Bertz CT molecular complexity index is 1130. The van der Waals surface area contributed by atoms with E-state index >= 15 is 0 Å². The predicted octanol–water partition coefficient (Wildman–Crippen LogP) is 3.26. The largest absolute Gasteiger partial charge is 0.272 e. The topological polar surface area (TPSA) is 78.8 Å². The number of halogens is 1. The van der Waals surface area contributed by atoms with Crippen molar-refractivity contribution in [2.24, 2.45) is 5.10 Å². The normalized spacial score (nSPS) is 12.0. The lowest BCUT2D eigenvalue weighted by atomic mass is 10.1. The molecule has 0 atom stereocenters. The molecule has 0 radical (unpaired) electrons. The number of hydrazone groups is 1. The van der Waals surface area contributed by atoms with Crippen LogP contribution in [0, 0.1) is 0 Å². The SMILES string of the molecule is CN(CC(=O)N/N=C/c1ccc(Cl)cc1)S(=O)(=O)c1ccc2ccccc2c1. The summed E-state index contributed by atoms with van der Waals surface area (Å²) >= 11 is 5.80. The molecule has 3 rings (SSSR count). The van der Waals surface area contributed by atoms with E-state index in [1.165, 1.54) is 19.3 Å². The highest BCUT2D eigenvalue weighted by Crippen LogP contribution is 2.21. The predicted molar refractivity (Wildman–Crippen MR) is 111 cm³/mol. The van der Waals surface area contributed by atoms with Gasteiger partial charge in [0.2, 0.25) is 10.0 Å². The molecule has 0 unspecified atom stereocenters. The van der Waals surface area contributed by atoms with Gasteiger partial charge >= 0.3 is 0 Å². The van der Waals surface area contributed by atoms with Gasteiger partial charge < -0.3 is 0 Å². The number of amides is 1. The van der Waals surface area contributed by atoms with Gasteiger partial charge in [-0.25, -0.2) is 13.8 Å². The fraction of sp³-hybridized carbons (Fsp3) is 0.100. The zero-order valence-electron chi connectivity index (χ0n) is 15.0. The number of carbonyl (C=O) groups excluding carboxylic acids is 1. The van der Waals surface area contributed by atoms with Gasteiger partial charge in [0.15, 0.2) is 0 Å². The van der Waals surface area contributed by atoms with Crippen LogP contribution < -0.4 is 5.43 Å². The summed E-state index contributed by atoms with van der Waals surface area (Å²) in [4.78, 5) is 12.2. The van der Waals surface area contributed by atoms with Gasteiger partial charge in [0.1, 0.15) is 0 Å². The molecule has 0 saturated carbocycles. The molecule has 8 heteroatoms. The van der Waals surface area contributed by atoms with E-state index in [0.29, 0.717) is 5.02 Å². The van der Waals surface area contributed by atoms with Gasteiger partial charge in [0.05, 0.1) is 17.7 Å². The molecule has 0 bridgehead atoms. The molecule has 0 heterocycles. The monoisotopic (exact) mass is 415 g/mol. The molecule has 1 amide bonds. The first-order valence-electron chi connectivity index (χ1n) is 8.39. The van der Waals surface area contributed by atoms with E-state index in [0.717, 1.165) is 20.6 Å². The minimum atomic E-state index is -3.80. The molecule has 3 aromatic carbocycles. The van der Waals surface area contributed by atoms with Crippen molar-refractivity contribution >= 4 is 44.5 Å². The van der Waals surface area contributed by atoms with Gasteiger partial charge in [0, 0.05) is 12.1 Å². The second-order valence-electron chi connectivity index (χ2n) is 6.11. The number of hydrogen-bond acceptors (Lipinski definition) is 4. The Morgan fingerprint density at radius 2 is 1.75 bits per heavy atom. The number of nitrogens with zero attached hydrogens (tertiary/aromatic N) is 2. The fourth-order valence-corrected chi connectivity index (χ4v) is 3.85. The Hall–Kier alpha value is -2.74. The summed E-state index contributed by atoms with van der Waals surface area (Å²) < 4.78 is 26.5. The van der Waals surface area contributed by atoms with Crippen LogP contribution in [0.2, 0.25) is 5.02 Å². The number of benzene rings is 3. The minimum absolute atomic E-state index is 0.131. The number of fused-ring (bicyclic) bond motifs is 1. The summed E-state index contributed by atoms with van der Waals surface area (Å²) in [6.07, 6.45) is 1.45. The van der Waals surface area contributed by atoms with Crippen molar-refractivity contribution < 1.29 is 13.2 Å². The lowest BCUT2D eigenvalue weighted by Gasteiger charge is -2.16. The fourth-order valence-electron chi connectivity index (χ4n) is 2.56. The third kappa shape index (κ3) is 4.75. The summed E-state index contributed by atoms with van der Waals surface area (Å²) in [5.41, 5.74) is 3.07. The highest BCUT2D eigenvalue weighted by atomic mass is 35.5. The first-order valence-corrected chi connectivity index (χ1v) is 10.2. The van der Waals surface area contributed by atoms with Gasteiger partial charge in [-0.3, -0.25) is 4.79 Å². The Balaban J connectivity index is 1.65. The molecular formula is C20H18ClN3O3S. The quantitative estimate of drug-likeness (QED) is 0.495. The summed E-state index contributed by atoms with van der Waals surface area (Å²) in [5, 5.41) is 6.19. The van der Waals surface area contributed by atoms with Crippen molar-refractivity contribution in [2.45, 2.75) is 4.90 Å². The van der Waals surface area contributed by atoms with Crippen LogP contribution in [0.1, 0.15) is 5.56 Å². The van der Waals surface area contributed by atoms with E-state index in [2.05, 4.69) is 10.5 Å². The average Bonchev–Trinajstić information content (AvgIpc) is 2.69. The van der Waals surface area contributed by atoms with E-state index in [9.17, 15) is 13.2 Å². The minimum Gasteiger partial charge on any atom is -0.272 e. The summed E-state index contributed by atoms with van der Waals surface area (Å²) in [7, 11) is -2.45. The van der Waals surface area contributed by atoms with Gasteiger partial charge in [-0.2, -0.15) is 9.41 Å². The molecule has 0 fully saturated rings. The smallest absolute Gasteiger partial charge is 0.255 e. The molecular weight excluding hydrogens is 398 g/mol. The third-order valence-electron chi connectivity index (χ3n) is 4.07. The zero-order valence-corrected chi connectivity index (χ0v) is 16.6. The highest BCUT2D eigenvalue weighted by Gasteiger charge is 2.23. The molecule has 0 aliphatic heterocycles. The summed E-state index contributed by atoms with van der Waals surface area (Å²) in [5.74, 6) is -0.544. The Morgan fingerprint density at radius 1 is 1.07 bits per heavy atom. The van der Waals surface area contributed by atoms with Crippen molar-refractivity contribution in [3.05, 3.63) is 77.3 Å². The summed E-state index contributed by atoms with van der Waals surface area (Å²) in [6.45, 7) is -0.354. The van der Waals surface area contributed by atoms with E-state index in [-0.39, 0.29) is 11.4 Å². The van der Waals surface area contributed by atoms with Crippen molar-refractivity contribution in [1.82, 2.24) is 9.73 Å². The lowest BCUT2D eigenvalue weighted by molar-refractivity contribution is -0.121. The second-order valence-corrected chi connectivity index (χ2v) is 8.60. The number of nitrogens with one attached hydrogen (secondary N) is 1. The average molecular weight is 416 g/mol. The number of sulfonamides is 1. The van der Waals surface area contributed by atoms with Crippen molar-refractivity contribution in [3.63, 3.8) is 0 Å². The molecule has 144 valence electrons. The maximum atomic E-state index is 12.7. The van der Waals surface area contributed by atoms with Crippen LogP contribution in [0.4, 0.5) is 0 Å². The maximum absolute atomic E-state index is 12.7. The van der Waals surface area contributed by atoms with Crippen molar-refractivity contribution in [2.75, 3.05) is 13.6 Å². The third-order valence-corrected chi connectivity index (χ3v) is 6.12. The van der Waals surface area contributed by atoms with Crippen LogP contribution >= 0.6 is 11.6 Å². The van der Waals surface area contributed by atoms with E-state index in [1.54, 1.807) is 36.4 Å². The van der Waals surface area contributed by atoms with E-state index < -0.39 is 15.9 Å².